The fourth-order valence-electron chi connectivity index (χ4n) is 10.7. The lowest BCUT2D eigenvalue weighted by molar-refractivity contribution is 0.347. The van der Waals surface area contributed by atoms with Crippen molar-refractivity contribution >= 4 is 64.6 Å². The van der Waals surface area contributed by atoms with Crippen LogP contribution in [-0.4, -0.2) is 138 Å². The number of rotatable bonds is 6. The average Bonchev–Trinajstić information content (AvgIpc) is 4.05. The van der Waals surface area contributed by atoms with Crippen LogP contribution in [0.1, 0.15) is 66.8 Å². The number of aromatic nitrogens is 6. The Morgan fingerprint density at radius 3 is 1.31 bits per heavy atom. The predicted molar refractivity (Wildman–Crippen MR) is 353 cm³/mol. The molecule has 5 N–H and O–H groups in total. The van der Waals surface area contributed by atoms with Crippen LogP contribution >= 0.6 is 28.3 Å². The molecule has 0 unspecified atom stereocenters. The Bertz CT molecular complexity index is 3430. The van der Waals surface area contributed by atoms with Gasteiger partial charge in [0.05, 0.1) is 12.4 Å². The summed E-state index contributed by atoms with van der Waals surface area (Å²) in [4.78, 5) is 8.29. The van der Waals surface area contributed by atoms with E-state index in [1.807, 2.05) is 63.9 Å². The number of nitrogens with one attached hydrogen (secondary N) is 1. The summed E-state index contributed by atoms with van der Waals surface area (Å²) in [5.41, 5.74) is 23.0. The van der Waals surface area contributed by atoms with E-state index in [9.17, 15) is 20.1 Å². The van der Waals surface area contributed by atoms with Crippen LogP contribution in [0.25, 0.3) is 22.5 Å². The van der Waals surface area contributed by atoms with Gasteiger partial charge in [0.25, 0.3) is 0 Å². The van der Waals surface area contributed by atoms with Crippen molar-refractivity contribution in [1.82, 2.24) is 54.5 Å². The highest BCUT2D eigenvalue weighted by Gasteiger charge is 2.26. The second kappa shape index (κ2) is 30.6. The highest BCUT2D eigenvalue weighted by atomic mass is 79.9. The highest BCUT2D eigenvalue weighted by molar-refractivity contribution is 9.10. The van der Waals surface area contributed by atoms with E-state index in [0.29, 0.717) is 0 Å². The Morgan fingerprint density at radius 2 is 0.893 bits per heavy atom. The summed E-state index contributed by atoms with van der Waals surface area (Å²) >= 11 is 3.47. The molecule has 7 heterocycles. The summed E-state index contributed by atoms with van der Waals surface area (Å²) in [7, 11) is 0.939. The SMILES string of the molecule is C#Cc1ccc2c(c1)CN(B(C)O)CC2.CB(O)N1CCc2ccc(-c3cn(C)nn3)cc2C1.CB(O)N1CCc2ccc(Br)cc2C1.CB(O)N1CCc2ccc(C#C[Si](C)(C)C)cc2C1.Cl.Cn1cc(-c2ccc3c(c2)CNCC3)nn1. The Morgan fingerprint density at radius 1 is 0.512 bits per heavy atom. The van der Waals surface area contributed by atoms with Gasteiger partial charge in [0.15, 0.2) is 0 Å². The van der Waals surface area contributed by atoms with Gasteiger partial charge in [-0.1, -0.05) is 100 Å². The molecule has 0 atom stereocenters. The minimum absolute atomic E-state index is 0. The van der Waals surface area contributed by atoms with E-state index in [1.54, 1.807) is 16.2 Å². The van der Waals surface area contributed by atoms with E-state index in [2.05, 4.69) is 172 Å². The lowest BCUT2D eigenvalue weighted by Crippen LogP contribution is -2.40. The molecule has 0 saturated heterocycles. The van der Waals surface area contributed by atoms with Crippen molar-refractivity contribution in [1.29, 1.82) is 0 Å². The number of hydrogen-bond acceptors (Lipinski definition) is 13. The molecule has 5 aliphatic rings. The molecule has 0 saturated carbocycles. The third-order valence-corrected chi connectivity index (χ3v) is 17.1. The number of aryl methyl sites for hydroxylation is 2. The number of halogens is 2. The molecule has 0 aliphatic carbocycles. The van der Waals surface area contributed by atoms with E-state index >= 15 is 0 Å². The van der Waals surface area contributed by atoms with Crippen molar-refractivity contribution in [2.24, 2.45) is 14.1 Å². The van der Waals surface area contributed by atoms with Gasteiger partial charge in [0.1, 0.15) is 19.5 Å². The van der Waals surface area contributed by atoms with E-state index in [0.717, 1.165) is 136 Å². The first-order valence-corrected chi connectivity index (χ1v) is 33.3. The molecule has 438 valence electrons. The molecule has 2 aromatic heterocycles. The monoisotopic (exact) mass is 1230 g/mol. The van der Waals surface area contributed by atoms with Crippen LogP contribution in [0.4, 0.5) is 0 Å². The van der Waals surface area contributed by atoms with Gasteiger partial charge in [-0.15, -0.1) is 34.6 Å². The Kier molecular flexibility index (Phi) is 24.0. The zero-order chi connectivity index (χ0) is 59.4. The van der Waals surface area contributed by atoms with Crippen molar-refractivity contribution < 1.29 is 20.1 Å². The normalized spacial score (nSPS) is 15.3. The molecule has 12 rings (SSSR count). The number of terminal acetylenes is 1. The summed E-state index contributed by atoms with van der Waals surface area (Å²) in [5, 5.41) is 57.9. The van der Waals surface area contributed by atoms with Gasteiger partial charge in [0.2, 0.25) is 0 Å². The molecular weight excluding hydrogens is 1150 g/mol. The van der Waals surface area contributed by atoms with Gasteiger partial charge < -0.3 is 44.7 Å². The molecule has 0 spiro atoms. The first-order chi connectivity index (χ1) is 39.7. The fourth-order valence-corrected chi connectivity index (χ4v) is 11.7. The summed E-state index contributed by atoms with van der Waals surface area (Å²) in [6, 6.07) is 32.0. The second-order valence-electron chi connectivity index (χ2n) is 23.4. The van der Waals surface area contributed by atoms with Crippen LogP contribution in [0.2, 0.25) is 46.9 Å². The standard InChI is InChI=1S/C15H22BNOSi.C13H17BN4O.C12H14BNO.C12H14N4.C10H13BBrNO.ClH/c1-16(18)17-9-7-14-6-5-13(11-15(14)12-17)8-10-19(2,3)4;1-14(19)18-6-5-10-3-4-11(7-12(10)8-18)13-9-17(2)16-15-13;1-3-10-4-5-11-6-7-14(13(2)15)9-12(11)8-10;1-16-8-12(14-15-16)10-3-2-9-4-5-13-7-11(9)6-10;1-11(14)13-5-4-8-2-3-10(12)6-9(8)7-13;/h5-6,11,18H,7,9,12H2,1-4H3;3-4,7,9,19H,5-6,8H2,1-2H3;1,4-5,8,15H,6-7,9H2,2H3;2-3,6,8,13H,4-5,7H2,1H3;2-3,6,14H,4-5,7H2,1H3;1H. The summed E-state index contributed by atoms with van der Waals surface area (Å²) < 4.78 is 4.55. The number of hydrogen-bond donors (Lipinski definition) is 5. The summed E-state index contributed by atoms with van der Waals surface area (Å²) in [5.74, 6) is 5.95. The van der Waals surface area contributed by atoms with Gasteiger partial charge in [-0.05, 0) is 196 Å². The van der Waals surface area contributed by atoms with Gasteiger partial charge in [0, 0.05) is 73.5 Å². The molecule has 7 aromatic rings. The van der Waals surface area contributed by atoms with E-state index in [4.69, 9.17) is 6.42 Å². The third-order valence-electron chi connectivity index (χ3n) is 15.7. The Hall–Kier alpha value is -5.61. The molecule has 5 aliphatic heterocycles. The van der Waals surface area contributed by atoms with Crippen molar-refractivity contribution in [2.75, 3.05) is 32.7 Å². The number of fused-ring (bicyclic) bond motifs is 5. The van der Waals surface area contributed by atoms with E-state index in [1.165, 1.54) is 55.6 Å². The van der Waals surface area contributed by atoms with Crippen LogP contribution in [0, 0.1) is 23.8 Å². The molecule has 5 aromatic carbocycles. The smallest absolute Gasteiger partial charge is 0.376 e. The van der Waals surface area contributed by atoms with Crippen LogP contribution in [-0.2, 0) is 78.9 Å². The first kappa shape index (κ1) is 65.9. The van der Waals surface area contributed by atoms with E-state index < -0.39 is 15.1 Å². The Labute approximate surface area is 515 Å². The molecule has 0 radical (unpaired) electrons. The lowest BCUT2D eigenvalue weighted by atomic mass is 9.81. The zero-order valence-electron chi connectivity index (χ0n) is 50.4. The van der Waals surface area contributed by atoms with Gasteiger partial charge >= 0.3 is 28.2 Å². The zero-order valence-corrected chi connectivity index (χ0v) is 53.8. The van der Waals surface area contributed by atoms with Crippen molar-refractivity contribution in [2.45, 2.75) is 112 Å². The second-order valence-corrected chi connectivity index (χ2v) is 29.0. The van der Waals surface area contributed by atoms with Crippen LogP contribution in [0.5, 0.6) is 0 Å². The summed E-state index contributed by atoms with van der Waals surface area (Å²) in [6.07, 6.45) is 14.4. The Balaban J connectivity index is 0.000000151. The van der Waals surface area contributed by atoms with Gasteiger partial charge in [-0.25, -0.2) is 0 Å². The maximum atomic E-state index is 9.69. The molecular formula is C62H81B4BrClN11O4Si. The minimum Gasteiger partial charge on any atom is -0.437 e. The minimum atomic E-state index is -1.32. The summed E-state index contributed by atoms with van der Waals surface area (Å²) in [6.45, 7) is 23.1. The number of benzene rings is 5. The largest absolute Gasteiger partial charge is 0.437 e. The topological polar surface area (TPSA) is 167 Å². The van der Waals surface area contributed by atoms with Crippen LogP contribution < -0.4 is 5.32 Å². The fraction of sp³-hybridized carbons (Fsp3) is 0.387. The molecule has 84 heavy (non-hydrogen) atoms. The van der Waals surface area contributed by atoms with Crippen LogP contribution in [0.3, 0.4) is 0 Å². The number of nitrogens with zero attached hydrogens (tertiary/aromatic N) is 10. The van der Waals surface area contributed by atoms with Gasteiger partial charge in [-0.3, -0.25) is 9.36 Å². The predicted octanol–water partition coefficient (Wildman–Crippen LogP) is 7.94. The maximum absolute atomic E-state index is 9.69. The molecule has 22 heteroatoms. The maximum Gasteiger partial charge on any atom is 0.376 e. The van der Waals surface area contributed by atoms with E-state index in [-0.39, 0.29) is 33.6 Å². The van der Waals surface area contributed by atoms with Crippen LogP contribution in [0.15, 0.2) is 108 Å². The van der Waals surface area contributed by atoms with Crippen molar-refractivity contribution in [3.63, 3.8) is 0 Å². The third kappa shape index (κ3) is 18.7. The quantitative estimate of drug-likeness (QED) is 0.0806. The lowest BCUT2D eigenvalue weighted by Gasteiger charge is -2.29. The first-order valence-electron chi connectivity index (χ1n) is 29.1. The molecule has 15 nitrogen and oxygen atoms in total. The molecule has 0 fully saturated rings. The van der Waals surface area contributed by atoms with Crippen molar-refractivity contribution in [3.8, 4) is 46.3 Å². The van der Waals surface area contributed by atoms with Crippen molar-refractivity contribution in [3.05, 3.63) is 175 Å². The molecule has 0 bridgehead atoms. The highest BCUT2D eigenvalue weighted by Crippen LogP contribution is 2.28. The average molecular weight is 1230 g/mol. The van der Waals surface area contributed by atoms with Gasteiger partial charge in [-0.2, -0.15) is 0 Å². The molecule has 0 amide bonds.